The highest BCUT2D eigenvalue weighted by Gasteiger charge is 2.14. The summed E-state index contributed by atoms with van der Waals surface area (Å²) in [6.45, 7) is 1.49. The number of aromatic nitrogens is 4. The standard InChI is InChI=1S/C14H12F2N6/c1-7-2-10(16)8(3-9(7)15)4-11-14-19-6-20-22(14)5-12(21-11)13(17)18/h2-3,5-6H,4H2,1H3,(H3,17,18). The molecule has 0 aliphatic carbocycles. The number of nitrogen functional groups attached to an aromatic ring is 1. The Kier molecular flexibility index (Phi) is 3.28. The lowest BCUT2D eigenvalue weighted by Crippen LogP contribution is -2.16. The average Bonchev–Trinajstić information content (AvgIpc) is 2.93. The summed E-state index contributed by atoms with van der Waals surface area (Å²) in [6.07, 6.45) is 2.79. The summed E-state index contributed by atoms with van der Waals surface area (Å²) in [6, 6.07) is 2.28. The number of nitrogens with one attached hydrogen (secondary N) is 1. The number of halogens is 2. The first kappa shape index (κ1) is 14.1. The van der Waals surface area contributed by atoms with Gasteiger partial charge in [0.2, 0.25) is 0 Å². The van der Waals surface area contributed by atoms with Gasteiger partial charge in [-0.2, -0.15) is 5.10 Å². The zero-order valence-electron chi connectivity index (χ0n) is 11.6. The third-order valence-corrected chi connectivity index (χ3v) is 3.29. The van der Waals surface area contributed by atoms with Crippen LogP contribution in [0, 0.1) is 24.0 Å². The number of fused-ring (bicyclic) bond motifs is 1. The van der Waals surface area contributed by atoms with Gasteiger partial charge in [-0.05, 0) is 30.2 Å². The van der Waals surface area contributed by atoms with Crippen LogP contribution in [-0.2, 0) is 6.42 Å². The highest BCUT2D eigenvalue weighted by atomic mass is 19.1. The molecule has 0 saturated carbocycles. The molecule has 0 spiro atoms. The van der Waals surface area contributed by atoms with Gasteiger partial charge in [-0.3, -0.25) is 5.41 Å². The van der Waals surface area contributed by atoms with Gasteiger partial charge >= 0.3 is 0 Å². The molecule has 6 nitrogen and oxygen atoms in total. The first-order valence-corrected chi connectivity index (χ1v) is 6.44. The largest absolute Gasteiger partial charge is 0.382 e. The number of hydrogen-bond acceptors (Lipinski definition) is 4. The van der Waals surface area contributed by atoms with Crippen molar-refractivity contribution in [2.75, 3.05) is 0 Å². The quantitative estimate of drug-likeness (QED) is 0.567. The predicted molar refractivity (Wildman–Crippen MR) is 75.7 cm³/mol. The van der Waals surface area contributed by atoms with E-state index in [2.05, 4.69) is 15.1 Å². The van der Waals surface area contributed by atoms with E-state index in [-0.39, 0.29) is 29.1 Å². The van der Waals surface area contributed by atoms with Gasteiger partial charge in [0, 0.05) is 6.42 Å². The number of rotatable bonds is 3. The average molecular weight is 302 g/mol. The van der Waals surface area contributed by atoms with Crippen LogP contribution in [0.4, 0.5) is 8.78 Å². The Bertz CT molecular complexity index is 886. The highest BCUT2D eigenvalue weighted by Crippen LogP contribution is 2.19. The number of amidine groups is 1. The Morgan fingerprint density at radius 3 is 2.82 bits per heavy atom. The fourth-order valence-corrected chi connectivity index (χ4v) is 2.14. The van der Waals surface area contributed by atoms with E-state index in [1.165, 1.54) is 24.0 Å². The molecule has 3 aromatic rings. The highest BCUT2D eigenvalue weighted by molar-refractivity contribution is 5.93. The van der Waals surface area contributed by atoms with Crippen molar-refractivity contribution >= 4 is 11.5 Å². The monoisotopic (exact) mass is 302 g/mol. The van der Waals surface area contributed by atoms with Crippen LogP contribution >= 0.6 is 0 Å². The van der Waals surface area contributed by atoms with E-state index in [1.807, 2.05) is 0 Å². The molecular formula is C14H12F2N6. The molecule has 0 atom stereocenters. The summed E-state index contributed by atoms with van der Waals surface area (Å²) in [5.74, 6) is -1.25. The van der Waals surface area contributed by atoms with Crippen LogP contribution in [0.5, 0.6) is 0 Å². The molecule has 0 saturated heterocycles. The van der Waals surface area contributed by atoms with Crippen LogP contribution in [0.2, 0.25) is 0 Å². The lowest BCUT2D eigenvalue weighted by atomic mass is 10.1. The number of benzene rings is 1. The van der Waals surface area contributed by atoms with Crippen molar-refractivity contribution in [1.29, 1.82) is 5.41 Å². The fourth-order valence-electron chi connectivity index (χ4n) is 2.14. The van der Waals surface area contributed by atoms with Crippen molar-refractivity contribution in [3.05, 3.63) is 58.8 Å². The van der Waals surface area contributed by atoms with Gasteiger partial charge in [0.1, 0.15) is 29.5 Å². The maximum absolute atomic E-state index is 14.0. The molecule has 2 aromatic heterocycles. The van der Waals surface area contributed by atoms with Gasteiger partial charge in [0.05, 0.1) is 11.9 Å². The molecule has 0 fully saturated rings. The molecule has 3 rings (SSSR count). The van der Waals surface area contributed by atoms with Gasteiger partial charge in [0.25, 0.3) is 0 Å². The Labute approximate surface area is 124 Å². The molecule has 0 unspecified atom stereocenters. The first-order valence-electron chi connectivity index (χ1n) is 6.44. The van der Waals surface area contributed by atoms with E-state index in [0.29, 0.717) is 11.3 Å². The molecule has 0 aliphatic heterocycles. The predicted octanol–water partition coefficient (Wildman–Crippen LogP) is 1.59. The van der Waals surface area contributed by atoms with E-state index in [9.17, 15) is 8.78 Å². The van der Waals surface area contributed by atoms with Crippen LogP contribution in [0.3, 0.4) is 0 Å². The second-order valence-corrected chi connectivity index (χ2v) is 4.88. The molecular weight excluding hydrogens is 290 g/mol. The molecule has 1 aromatic carbocycles. The maximum Gasteiger partial charge on any atom is 0.177 e. The van der Waals surface area contributed by atoms with Crippen LogP contribution in [0.1, 0.15) is 22.5 Å². The summed E-state index contributed by atoms with van der Waals surface area (Å²) in [5.41, 5.74) is 6.80. The van der Waals surface area contributed by atoms with Crippen LogP contribution in [0.15, 0.2) is 24.7 Å². The van der Waals surface area contributed by atoms with E-state index in [0.717, 1.165) is 12.1 Å². The SMILES string of the molecule is Cc1cc(F)c(Cc2nc(C(=N)N)cn3ncnc23)cc1F. The Morgan fingerprint density at radius 1 is 1.32 bits per heavy atom. The minimum atomic E-state index is -0.522. The van der Waals surface area contributed by atoms with Gasteiger partial charge < -0.3 is 5.73 Å². The maximum atomic E-state index is 14.0. The molecule has 0 radical (unpaired) electrons. The molecule has 0 amide bonds. The van der Waals surface area contributed by atoms with Crippen molar-refractivity contribution in [1.82, 2.24) is 19.6 Å². The van der Waals surface area contributed by atoms with Crippen molar-refractivity contribution in [3.63, 3.8) is 0 Å². The van der Waals surface area contributed by atoms with Gasteiger partial charge in [-0.15, -0.1) is 0 Å². The van der Waals surface area contributed by atoms with Crippen molar-refractivity contribution < 1.29 is 8.78 Å². The third-order valence-electron chi connectivity index (χ3n) is 3.29. The number of hydrogen-bond donors (Lipinski definition) is 2. The molecule has 3 N–H and O–H groups in total. The summed E-state index contributed by atoms with van der Waals surface area (Å²) in [7, 11) is 0. The van der Waals surface area contributed by atoms with Gasteiger partial charge in [-0.25, -0.2) is 23.3 Å². The topological polar surface area (TPSA) is 93.0 Å². The van der Waals surface area contributed by atoms with Crippen LogP contribution in [0.25, 0.3) is 5.65 Å². The fraction of sp³-hybridized carbons (Fsp3) is 0.143. The molecule has 0 aliphatic rings. The summed E-state index contributed by atoms with van der Waals surface area (Å²) >= 11 is 0. The molecule has 22 heavy (non-hydrogen) atoms. The number of nitrogens with zero attached hydrogens (tertiary/aromatic N) is 4. The lowest BCUT2D eigenvalue weighted by molar-refractivity contribution is 0.581. The van der Waals surface area contributed by atoms with E-state index < -0.39 is 11.6 Å². The Morgan fingerprint density at radius 2 is 2.09 bits per heavy atom. The molecule has 8 heteroatoms. The number of nitrogens with two attached hydrogens (primary N) is 1. The minimum Gasteiger partial charge on any atom is -0.382 e. The third kappa shape index (κ3) is 2.39. The summed E-state index contributed by atoms with van der Waals surface area (Å²) < 4.78 is 29.1. The van der Waals surface area contributed by atoms with E-state index >= 15 is 0 Å². The minimum absolute atomic E-state index is 0.0202. The van der Waals surface area contributed by atoms with E-state index in [4.69, 9.17) is 11.1 Å². The van der Waals surface area contributed by atoms with Crippen molar-refractivity contribution in [2.24, 2.45) is 5.73 Å². The summed E-state index contributed by atoms with van der Waals surface area (Å²) in [4.78, 5) is 8.25. The van der Waals surface area contributed by atoms with Crippen LogP contribution < -0.4 is 5.73 Å². The zero-order chi connectivity index (χ0) is 15.9. The smallest absolute Gasteiger partial charge is 0.177 e. The summed E-state index contributed by atoms with van der Waals surface area (Å²) in [5, 5.41) is 11.4. The van der Waals surface area contributed by atoms with Crippen molar-refractivity contribution in [3.8, 4) is 0 Å². The molecule has 2 heterocycles. The normalized spacial score (nSPS) is 11.0. The van der Waals surface area contributed by atoms with Gasteiger partial charge in [-0.1, -0.05) is 0 Å². The Hall–Kier alpha value is -2.90. The second-order valence-electron chi connectivity index (χ2n) is 4.88. The number of aryl methyl sites for hydroxylation is 1. The van der Waals surface area contributed by atoms with Crippen molar-refractivity contribution in [2.45, 2.75) is 13.3 Å². The first-order chi connectivity index (χ1) is 10.5. The molecule has 112 valence electrons. The Balaban J connectivity index is 2.12. The second kappa shape index (κ2) is 5.14. The van der Waals surface area contributed by atoms with Gasteiger partial charge in [0.15, 0.2) is 5.65 Å². The zero-order valence-corrected chi connectivity index (χ0v) is 11.6. The molecule has 0 bridgehead atoms. The lowest BCUT2D eigenvalue weighted by Gasteiger charge is -2.08. The van der Waals surface area contributed by atoms with E-state index in [1.54, 1.807) is 0 Å². The van der Waals surface area contributed by atoms with Crippen LogP contribution in [-0.4, -0.2) is 25.4 Å².